The lowest BCUT2D eigenvalue weighted by Gasteiger charge is -2.24. The Bertz CT molecular complexity index is 144. The molecule has 1 N–H and O–H groups in total. The Kier molecular flexibility index (Phi) is 5.73. The van der Waals surface area contributed by atoms with Crippen LogP contribution >= 0.6 is 0 Å². The van der Waals surface area contributed by atoms with Gasteiger partial charge in [0, 0.05) is 0 Å². The van der Waals surface area contributed by atoms with Crippen molar-refractivity contribution in [3.63, 3.8) is 0 Å². The van der Waals surface area contributed by atoms with E-state index in [0.717, 1.165) is 18.3 Å². The van der Waals surface area contributed by atoms with Gasteiger partial charge in [0.05, 0.1) is 5.60 Å². The lowest BCUT2D eigenvalue weighted by atomic mass is 9.86. The van der Waals surface area contributed by atoms with Crippen molar-refractivity contribution in [2.75, 3.05) is 0 Å². The van der Waals surface area contributed by atoms with Gasteiger partial charge in [-0.25, -0.2) is 0 Å². The molecule has 14 heavy (non-hydrogen) atoms. The first-order valence-electron chi connectivity index (χ1n) is 5.94. The molecule has 0 aliphatic carbocycles. The monoisotopic (exact) mass is 200 g/mol. The molecule has 2 atom stereocenters. The quantitative estimate of drug-likeness (QED) is 0.690. The minimum atomic E-state index is -0.500. The van der Waals surface area contributed by atoms with Crippen LogP contribution in [0.5, 0.6) is 0 Å². The van der Waals surface area contributed by atoms with Crippen LogP contribution in [-0.4, -0.2) is 10.7 Å². The Morgan fingerprint density at radius 3 is 1.86 bits per heavy atom. The van der Waals surface area contributed by atoms with E-state index in [4.69, 9.17) is 0 Å². The lowest BCUT2D eigenvalue weighted by Crippen LogP contribution is -2.22. The first-order chi connectivity index (χ1) is 6.22. The van der Waals surface area contributed by atoms with Crippen molar-refractivity contribution < 1.29 is 5.11 Å². The van der Waals surface area contributed by atoms with Crippen molar-refractivity contribution in [3.8, 4) is 0 Å². The normalized spacial score (nSPS) is 17.1. The smallest absolute Gasteiger partial charge is 0.0594 e. The third-order valence-corrected chi connectivity index (χ3v) is 3.10. The fourth-order valence-electron chi connectivity index (χ4n) is 1.84. The van der Waals surface area contributed by atoms with E-state index < -0.39 is 5.60 Å². The zero-order valence-electron chi connectivity index (χ0n) is 10.8. The van der Waals surface area contributed by atoms with Gasteiger partial charge in [-0.05, 0) is 38.0 Å². The van der Waals surface area contributed by atoms with Crippen LogP contribution in [0.25, 0.3) is 0 Å². The summed E-state index contributed by atoms with van der Waals surface area (Å²) in [7, 11) is 0. The number of aliphatic hydroxyl groups is 1. The summed E-state index contributed by atoms with van der Waals surface area (Å²) in [5.41, 5.74) is -0.500. The first-order valence-corrected chi connectivity index (χ1v) is 5.94. The van der Waals surface area contributed by atoms with Crippen LogP contribution in [0.1, 0.15) is 60.8 Å². The molecule has 0 heterocycles. The lowest BCUT2D eigenvalue weighted by molar-refractivity contribution is 0.0527. The predicted molar refractivity (Wildman–Crippen MR) is 63.3 cm³/mol. The molecule has 0 aromatic carbocycles. The van der Waals surface area contributed by atoms with Crippen molar-refractivity contribution in [3.05, 3.63) is 0 Å². The zero-order chi connectivity index (χ0) is 11.4. The van der Waals surface area contributed by atoms with Crippen LogP contribution in [0.3, 0.4) is 0 Å². The molecule has 1 nitrogen and oxygen atoms in total. The molecule has 0 aromatic rings. The van der Waals surface area contributed by atoms with Crippen LogP contribution in [0, 0.1) is 17.8 Å². The molecule has 0 saturated carbocycles. The summed E-state index contributed by atoms with van der Waals surface area (Å²) >= 11 is 0. The molecule has 2 unspecified atom stereocenters. The van der Waals surface area contributed by atoms with Crippen molar-refractivity contribution in [2.24, 2.45) is 17.8 Å². The topological polar surface area (TPSA) is 20.2 Å². The maximum absolute atomic E-state index is 9.66. The largest absolute Gasteiger partial charge is 0.390 e. The molecule has 0 fully saturated rings. The number of rotatable bonds is 6. The van der Waals surface area contributed by atoms with Gasteiger partial charge >= 0.3 is 0 Å². The molecule has 0 saturated heterocycles. The van der Waals surface area contributed by atoms with E-state index in [9.17, 15) is 5.11 Å². The van der Waals surface area contributed by atoms with Gasteiger partial charge in [-0.15, -0.1) is 0 Å². The number of hydrogen-bond acceptors (Lipinski definition) is 1. The molecule has 86 valence electrons. The summed E-state index contributed by atoms with van der Waals surface area (Å²) in [4.78, 5) is 0. The van der Waals surface area contributed by atoms with E-state index in [1.165, 1.54) is 12.8 Å². The minimum Gasteiger partial charge on any atom is -0.390 e. The van der Waals surface area contributed by atoms with Crippen LogP contribution in [0.4, 0.5) is 0 Å². The van der Waals surface area contributed by atoms with Gasteiger partial charge in [-0.2, -0.15) is 0 Å². The Balaban J connectivity index is 3.69. The Morgan fingerprint density at radius 2 is 1.50 bits per heavy atom. The van der Waals surface area contributed by atoms with E-state index in [1.807, 2.05) is 13.8 Å². The fraction of sp³-hybridized carbons (Fsp3) is 1.00. The van der Waals surface area contributed by atoms with Gasteiger partial charge in [0.1, 0.15) is 0 Å². The molecule has 0 aromatic heterocycles. The highest BCUT2D eigenvalue weighted by molar-refractivity contribution is 4.70. The van der Waals surface area contributed by atoms with Crippen molar-refractivity contribution in [2.45, 2.75) is 66.4 Å². The average molecular weight is 200 g/mol. The summed E-state index contributed by atoms with van der Waals surface area (Å²) in [6.07, 6.45) is 3.44. The maximum atomic E-state index is 9.66. The Labute approximate surface area is 89.9 Å². The number of hydrogen-bond donors (Lipinski definition) is 1. The van der Waals surface area contributed by atoms with E-state index in [0.29, 0.717) is 5.92 Å². The SMILES string of the molecule is CC(CCC(C)C(C)C)CC(C)(C)O. The van der Waals surface area contributed by atoms with E-state index in [-0.39, 0.29) is 0 Å². The molecular weight excluding hydrogens is 172 g/mol. The van der Waals surface area contributed by atoms with Crippen molar-refractivity contribution in [1.29, 1.82) is 0 Å². The second-order valence-corrected chi connectivity index (χ2v) is 5.92. The summed E-state index contributed by atoms with van der Waals surface area (Å²) in [6, 6.07) is 0. The summed E-state index contributed by atoms with van der Waals surface area (Å²) in [5, 5.41) is 9.66. The van der Waals surface area contributed by atoms with E-state index >= 15 is 0 Å². The highest BCUT2D eigenvalue weighted by Crippen LogP contribution is 2.24. The molecule has 0 aliphatic heterocycles. The van der Waals surface area contributed by atoms with Crippen LogP contribution in [0.15, 0.2) is 0 Å². The van der Waals surface area contributed by atoms with Gasteiger partial charge in [0.25, 0.3) is 0 Å². The molecule has 0 spiro atoms. The van der Waals surface area contributed by atoms with Crippen LogP contribution in [-0.2, 0) is 0 Å². The highest BCUT2D eigenvalue weighted by atomic mass is 16.3. The zero-order valence-corrected chi connectivity index (χ0v) is 10.8. The van der Waals surface area contributed by atoms with Gasteiger partial charge in [-0.1, -0.05) is 40.5 Å². The van der Waals surface area contributed by atoms with Gasteiger partial charge in [0.2, 0.25) is 0 Å². The van der Waals surface area contributed by atoms with Gasteiger partial charge < -0.3 is 5.11 Å². The van der Waals surface area contributed by atoms with E-state index in [1.54, 1.807) is 0 Å². The standard InChI is InChI=1S/C13H28O/c1-10(2)12(4)8-7-11(3)9-13(5,6)14/h10-12,14H,7-9H2,1-6H3. The van der Waals surface area contributed by atoms with Gasteiger partial charge in [0.15, 0.2) is 0 Å². The predicted octanol–water partition coefficient (Wildman–Crippen LogP) is 3.86. The molecule has 0 bridgehead atoms. The van der Waals surface area contributed by atoms with Crippen LogP contribution in [0.2, 0.25) is 0 Å². The highest BCUT2D eigenvalue weighted by Gasteiger charge is 2.18. The second kappa shape index (κ2) is 5.75. The third-order valence-electron chi connectivity index (χ3n) is 3.10. The Hall–Kier alpha value is -0.0400. The van der Waals surface area contributed by atoms with Crippen molar-refractivity contribution >= 4 is 0 Å². The summed E-state index contributed by atoms with van der Waals surface area (Å²) < 4.78 is 0. The average Bonchev–Trinajstić information content (AvgIpc) is 1.96. The molecular formula is C13H28O. The maximum Gasteiger partial charge on any atom is 0.0594 e. The fourth-order valence-corrected chi connectivity index (χ4v) is 1.84. The molecule has 0 aliphatic rings. The van der Waals surface area contributed by atoms with E-state index in [2.05, 4.69) is 27.7 Å². The minimum absolute atomic E-state index is 0.500. The third kappa shape index (κ3) is 7.37. The molecule has 0 amide bonds. The first kappa shape index (κ1) is 14.0. The Morgan fingerprint density at radius 1 is 1.00 bits per heavy atom. The molecule has 1 heteroatoms. The summed E-state index contributed by atoms with van der Waals surface area (Å²) in [5.74, 6) is 2.22. The molecule has 0 rings (SSSR count). The van der Waals surface area contributed by atoms with Crippen molar-refractivity contribution in [1.82, 2.24) is 0 Å². The van der Waals surface area contributed by atoms with Crippen LogP contribution < -0.4 is 0 Å². The molecule has 0 radical (unpaired) electrons. The van der Waals surface area contributed by atoms with Gasteiger partial charge in [-0.3, -0.25) is 0 Å². The second-order valence-electron chi connectivity index (χ2n) is 5.92. The summed E-state index contributed by atoms with van der Waals surface area (Å²) in [6.45, 7) is 12.9.